The minimum atomic E-state index is -0.0495. The first-order valence-corrected chi connectivity index (χ1v) is 3.96. The van der Waals surface area contributed by atoms with Crippen LogP contribution in [-0.2, 0) is 19.4 Å². The van der Waals surface area contributed by atoms with Crippen molar-refractivity contribution >= 4 is 12.6 Å². The predicted molar refractivity (Wildman–Crippen MR) is 42.4 cm³/mol. The average molecular weight is 174 g/mol. The molecule has 0 radical (unpaired) electrons. The molecule has 0 rings (SSSR count). The van der Waals surface area contributed by atoms with E-state index in [4.69, 9.17) is 4.89 Å². The lowest BCUT2D eigenvalue weighted by Gasteiger charge is -2.09. The summed E-state index contributed by atoms with van der Waals surface area (Å²) in [6, 6.07) is 0. The van der Waals surface area contributed by atoms with E-state index in [1.807, 2.05) is 0 Å². The van der Waals surface area contributed by atoms with Gasteiger partial charge in [0, 0.05) is 12.8 Å². The highest BCUT2D eigenvalue weighted by Crippen LogP contribution is 2.05. The molecular formula is C8H14O4. The van der Waals surface area contributed by atoms with Crippen LogP contribution in [0.5, 0.6) is 0 Å². The maximum Gasteiger partial charge on any atom is 0.120 e. The SMILES string of the molecule is CCOOCC(CC=O)CC=O. The second kappa shape index (κ2) is 8.36. The molecule has 0 aromatic carbocycles. The maximum absolute atomic E-state index is 10.1. The Bertz CT molecular complexity index is 114. The Morgan fingerprint density at radius 3 is 2.17 bits per heavy atom. The molecule has 4 nitrogen and oxygen atoms in total. The van der Waals surface area contributed by atoms with Crippen LogP contribution in [0.3, 0.4) is 0 Å². The molecule has 0 aromatic rings. The van der Waals surface area contributed by atoms with Gasteiger partial charge in [-0.3, -0.25) is 0 Å². The Kier molecular flexibility index (Phi) is 7.84. The number of rotatable bonds is 8. The summed E-state index contributed by atoms with van der Waals surface area (Å²) in [5.41, 5.74) is 0. The molecule has 0 atom stereocenters. The molecule has 0 bridgehead atoms. The van der Waals surface area contributed by atoms with Crippen molar-refractivity contribution in [1.29, 1.82) is 0 Å². The van der Waals surface area contributed by atoms with Crippen LogP contribution in [0.15, 0.2) is 0 Å². The van der Waals surface area contributed by atoms with E-state index in [0.29, 0.717) is 26.1 Å². The number of carbonyl (C=O) groups is 2. The van der Waals surface area contributed by atoms with E-state index in [2.05, 4.69) is 4.89 Å². The first-order valence-electron chi connectivity index (χ1n) is 3.96. The number of hydrogen-bond acceptors (Lipinski definition) is 4. The monoisotopic (exact) mass is 174 g/mol. The zero-order valence-electron chi connectivity index (χ0n) is 7.19. The largest absolute Gasteiger partial charge is 0.303 e. The molecule has 70 valence electrons. The molecule has 0 saturated heterocycles. The third kappa shape index (κ3) is 6.00. The van der Waals surface area contributed by atoms with Crippen LogP contribution in [0.1, 0.15) is 19.8 Å². The quantitative estimate of drug-likeness (QED) is 0.236. The zero-order chi connectivity index (χ0) is 9.23. The first-order chi connectivity index (χ1) is 5.85. The van der Waals surface area contributed by atoms with Gasteiger partial charge in [-0.25, -0.2) is 9.78 Å². The van der Waals surface area contributed by atoms with Gasteiger partial charge in [0.05, 0.1) is 13.2 Å². The molecule has 0 aliphatic rings. The van der Waals surface area contributed by atoms with Crippen molar-refractivity contribution in [3.63, 3.8) is 0 Å². The van der Waals surface area contributed by atoms with E-state index in [-0.39, 0.29) is 5.92 Å². The summed E-state index contributed by atoms with van der Waals surface area (Å²) in [5, 5.41) is 0. The highest BCUT2D eigenvalue weighted by Gasteiger charge is 2.07. The van der Waals surface area contributed by atoms with Crippen molar-refractivity contribution in [3.05, 3.63) is 0 Å². The van der Waals surface area contributed by atoms with Crippen LogP contribution in [0.2, 0.25) is 0 Å². The standard InChI is InChI=1S/C8H14O4/c1-2-11-12-7-8(3-5-9)4-6-10/h5-6,8H,2-4,7H2,1H3. The lowest BCUT2D eigenvalue weighted by Crippen LogP contribution is -2.11. The van der Waals surface area contributed by atoms with Crippen LogP contribution in [0.4, 0.5) is 0 Å². The normalized spacial score (nSPS) is 10.2. The number of hydrogen-bond donors (Lipinski definition) is 0. The lowest BCUT2D eigenvalue weighted by molar-refractivity contribution is -0.297. The Morgan fingerprint density at radius 1 is 1.17 bits per heavy atom. The molecule has 0 unspecified atom stereocenters. The highest BCUT2D eigenvalue weighted by atomic mass is 17.2. The maximum atomic E-state index is 10.1. The summed E-state index contributed by atoms with van der Waals surface area (Å²) in [7, 11) is 0. The van der Waals surface area contributed by atoms with Crippen molar-refractivity contribution in [2.24, 2.45) is 5.92 Å². The van der Waals surface area contributed by atoms with Crippen LogP contribution < -0.4 is 0 Å². The third-order valence-electron chi connectivity index (χ3n) is 1.36. The summed E-state index contributed by atoms with van der Waals surface area (Å²) in [6.07, 6.45) is 2.24. The molecule has 0 aliphatic carbocycles. The molecular weight excluding hydrogens is 160 g/mol. The smallest absolute Gasteiger partial charge is 0.120 e. The molecule has 0 spiro atoms. The van der Waals surface area contributed by atoms with Gasteiger partial charge in [0.25, 0.3) is 0 Å². The van der Waals surface area contributed by atoms with E-state index in [0.717, 1.165) is 12.6 Å². The second-order valence-electron chi connectivity index (χ2n) is 2.36. The summed E-state index contributed by atoms with van der Waals surface area (Å²) in [6.45, 7) is 2.56. The van der Waals surface area contributed by atoms with E-state index < -0.39 is 0 Å². The van der Waals surface area contributed by atoms with Gasteiger partial charge in [-0.1, -0.05) is 0 Å². The predicted octanol–water partition coefficient (Wildman–Crippen LogP) is 0.749. The summed E-state index contributed by atoms with van der Waals surface area (Å²) in [4.78, 5) is 29.6. The Hall–Kier alpha value is -0.740. The minimum Gasteiger partial charge on any atom is -0.303 e. The van der Waals surface area contributed by atoms with Gasteiger partial charge in [0.2, 0.25) is 0 Å². The van der Waals surface area contributed by atoms with Crippen LogP contribution in [-0.4, -0.2) is 25.8 Å². The van der Waals surface area contributed by atoms with Crippen molar-refractivity contribution < 1.29 is 19.4 Å². The van der Waals surface area contributed by atoms with Gasteiger partial charge < -0.3 is 9.59 Å². The van der Waals surface area contributed by atoms with Gasteiger partial charge in [-0.15, -0.1) is 0 Å². The van der Waals surface area contributed by atoms with Gasteiger partial charge >= 0.3 is 0 Å². The minimum absolute atomic E-state index is 0.0495. The second-order valence-corrected chi connectivity index (χ2v) is 2.36. The van der Waals surface area contributed by atoms with Gasteiger partial charge in [0.1, 0.15) is 12.6 Å². The Balaban J connectivity index is 3.47. The lowest BCUT2D eigenvalue weighted by atomic mass is 10.1. The van der Waals surface area contributed by atoms with Crippen molar-refractivity contribution in [2.75, 3.05) is 13.2 Å². The zero-order valence-corrected chi connectivity index (χ0v) is 7.19. The highest BCUT2D eigenvalue weighted by molar-refractivity contribution is 5.54. The molecule has 0 fully saturated rings. The molecule has 0 aromatic heterocycles. The van der Waals surface area contributed by atoms with E-state index in [9.17, 15) is 9.59 Å². The van der Waals surface area contributed by atoms with Crippen LogP contribution >= 0.6 is 0 Å². The summed E-state index contributed by atoms with van der Waals surface area (Å²) < 4.78 is 0. The summed E-state index contributed by atoms with van der Waals surface area (Å²) >= 11 is 0. The topological polar surface area (TPSA) is 52.6 Å². The fourth-order valence-corrected chi connectivity index (χ4v) is 0.732. The fraction of sp³-hybridized carbons (Fsp3) is 0.750. The van der Waals surface area contributed by atoms with E-state index in [1.54, 1.807) is 6.92 Å². The van der Waals surface area contributed by atoms with Gasteiger partial charge in [-0.2, -0.15) is 0 Å². The van der Waals surface area contributed by atoms with Crippen molar-refractivity contribution in [2.45, 2.75) is 19.8 Å². The van der Waals surface area contributed by atoms with Gasteiger partial charge in [-0.05, 0) is 12.8 Å². The molecule has 0 N–H and O–H groups in total. The van der Waals surface area contributed by atoms with Crippen LogP contribution in [0.25, 0.3) is 0 Å². The summed E-state index contributed by atoms with van der Waals surface area (Å²) in [5.74, 6) is -0.0495. The van der Waals surface area contributed by atoms with E-state index >= 15 is 0 Å². The molecule has 0 aliphatic heterocycles. The van der Waals surface area contributed by atoms with E-state index in [1.165, 1.54) is 0 Å². The number of aldehydes is 2. The van der Waals surface area contributed by atoms with Gasteiger partial charge in [0.15, 0.2) is 0 Å². The average Bonchev–Trinajstić information content (AvgIpc) is 2.06. The van der Waals surface area contributed by atoms with Crippen molar-refractivity contribution in [3.8, 4) is 0 Å². The first kappa shape index (κ1) is 11.3. The number of carbonyl (C=O) groups excluding carboxylic acids is 2. The Labute approximate surface area is 71.8 Å². The van der Waals surface area contributed by atoms with Crippen LogP contribution in [0, 0.1) is 5.92 Å². The van der Waals surface area contributed by atoms with Crippen molar-refractivity contribution in [1.82, 2.24) is 0 Å². The Morgan fingerprint density at radius 2 is 1.75 bits per heavy atom. The molecule has 4 heteroatoms. The third-order valence-corrected chi connectivity index (χ3v) is 1.36. The fourth-order valence-electron chi connectivity index (χ4n) is 0.732. The molecule has 12 heavy (non-hydrogen) atoms. The molecule has 0 amide bonds. The molecule has 0 saturated carbocycles. The molecule has 0 heterocycles.